The molecule has 158 valence electrons. The van der Waals surface area contributed by atoms with Crippen LogP contribution in [-0.2, 0) is 6.42 Å². The minimum Gasteiger partial charge on any atom is -0.431 e. The van der Waals surface area contributed by atoms with Crippen molar-refractivity contribution in [2.24, 2.45) is 0 Å². The van der Waals surface area contributed by atoms with Crippen molar-refractivity contribution >= 4 is 51.3 Å². The molecule has 0 bridgehead atoms. The molecule has 1 N–H and O–H groups in total. The summed E-state index contributed by atoms with van der Waals surface area (Å²) in [5.74, 6) is 1.83. The molecule has 6 nitrogen and oxygen atoms in total. The number of hydrogen-bond donors (Lipinski definition) is 1. The fourth-order valence-corrected chi connectivity index (χ4v) is 4.71. The summed E-state index contributed by atoms with van der Waals surface area (Å²) in [4.78, 5) is 16.1. The van der Waals surface area contributed by atoms with Crippen molar-refractivity contribution in [3.8, 4) is 0 Å². The van der Waals surface area contributed by atoms with Gasteiger partial charge in [0.05, 0.1) is 5.52 Å². The Morgan fingerprint density at radius 2 is 2.13 bits per heavy atom. The van der Waals surface area contributed by atoms with E-state index in [2.05, 4.69) is 58.0 Å². The van der Waals surface area contributed by atoms with Gasteiger partial charge in [-0.25, -0.2) is 15.0 Å². The van der Waals surface area contributed by atoms with Crippen LogP contribution in [-0.4, -0.2) is 40.3 Å². The number of aromatic nitrogens is 3. The first-order valence-electron chi connectivity index (χ1n) is 10.7. The second kappa shape index (κ2) is 8.69. The normalized spacial score (nSPS) is 13.3. The standard InChI is InChI=1S/C24H25N5OS/c1-3-8-25-9-11-31-24-28-20-13-18-19(14-22(20)30-24)26-15-27-23(18)29-10-7-17-6-5-16(4-2)12-21(17)29/h4-6,12-15,25H,2-3,7-11H2,1H3. The monoisotopic (exact) mass is 431 g/mol. The summed E-state index contributed by atoms with van der Waals surface area (Å²) in [5.41, 5.74) is 6.09. The lowest BCUT2D eigenvalue weighted by molar-refractivity contribution is 0.489. The highest BCUT2D eigenvalue weighted by molar-refractivity contribution is 7.99. The van der Waals surface area contributed by atoms with Crippen molar-refractivity contribution in [2.45, 2.75) is 25.0 Å². The molecular weight excluding hydrogens is 406 g/mol. The average Bonchev–Trinajstić information content (AvgIpc) is 3.39. The van der Waals surface area contributed by atoms with Gasteiger partial charge in [0, 0.05) is 36.0 Å². The summed E-state index contributed by atoms with van der Waals surface area (Å²) in [7, 11) is 0. The molecule has 1 aliphatic rings. The van der Waals surface area contributed by atoms with E-state index in [9.17, 15) is 0 Å². The number of nitrogens with one attached hydrogen (secondary N) is 1. The zero-order valence-corrected chi connectivity index (χ0v) is 18.4. The van der Waals surface area contributed by atoms with Crippen LogP contribution in [0.4, 0.5) is 11.5 Å². The third kappa shape index (κ3) is 3.91. The smallest absolute Gasteiger partial charge is 0.256 e. The van der Waals surface area contributed by atoms with E-state index in [1.165, 1.54) is 11.3 Å². The Hall–Kier alpha value is -2.90. The molecule has 0 fully saturated rings. The lowest BCUT2D eigenvalue weighted by Crippen LogP contribution is -2.17. The Bertz CT molecular complexity index is 1250. The van der Waals surface area contributed by atoms with E-state index in [4.69, 9.17) is 9.40 Å². The lowest BCUT2D eigenvalue weighted by atomic mass is 10.1. The Kier molecular flexibility index (Phi) is 5.61. The molecule has 0 amide bonds. The van der Waals surface area contributed by atoms with Gasteiger partial charge in [0.15, 0.2) is 5.58 Å². The average molecular weight is 432 g/mol. The quantitative estimate of drug-likeness (QED) is 0.304. The zero-order valence-electron chi connectivity index (χ0n) is 17.6. The molecule has 1 aliphatic heterocycles. The van der Waals surface area contributed by atoms with E-state index in [-0.39, 0.29) is 0 Å². The minimum atomic E-state index is 0.695. The summed E-state index contributed by atoms with van der Waals surface area (Å²) in [6, 6.07) is 10.5. The summed E-state index contributed by atoms with van der Waals surface area (Å²) >= 11 is 1.63. The van der Waals surface area contributed by atoms with Gasteiger partial charge in [-0.05, 0) is 42.6 Å². The van der Waals surface area contributed by atoms with Crippen molar-refractivity contribution in [1.82, 2.24) is 20.3 Å². The molecule has 7 heteroatoms. The van der Waals surface area contributed by atoms with Gasteiger partial charge < -0.3 is 14.6 Å². The molecular formula is C24H25N5OS. The van der Waals surface area contributed by atoms with Crippen LogP contribution in [0.1, 0.15) is 24.5 Å². The van der Waals surface area contributed by atoms with Crippen LogP contribution >= 0.6 is 11.8 Å². The minimum absolute atomic E-state index is 0.695. The van der Waals surface area contributed by atoms with Gasteiger partial charge >= 0.3 is 0 Å². The van der Waals surface area contributed by atoms with E-state index in [1.54, 1.807) is 18.1 Å². The van der Waals surface area contributed by atoms with E-state index in [0.29, 0.717) is 5.22 Å². The second-order valence-corrected chi connectivity index (χ2v) is 8.65. The van der Waals surface area contributed by atoms with Gasteiger partial charge in [0.2, 0.25) is 0 Å². The fraction of sp³-hybridized carbons (Fsp3) is 0.292. The molecule has 0 saturated carbocycles. The first-order valence-corrected chi connectivity index (χ1v) is 11.7. The highest BCUT2D eigenvalue weighted by Crippen LogP contribution is 2.38. The molecule has 0 saturated heterocycles. The van der Waals surface area contributed by atoms with Crippen molar-refractivity contribution in [2.75, 3.05) is 30.3 Å². The van der Waals surface area contributed by atoms with Gasteiger partial charge in [-0.2, -0.15) is 0 Å². The van der Waals surface area contributed by atoms with E-state index < -0.39 is 0 Å². The molecule has 31 heavy (non-hydrogen) atoms. The molecule has 4 aromatic rings. The highest BCUT2D eigenvalue weighted by atomic mass is 32.2. The van der Waals surface area contributed by atoms with Crippen LogP contribution in [0.5, 0.6) is 0 Å². The molecule has 5 rings (SSSR count). The highest BCUT2D eigenvalue weighted by Gasteiger charge is 2.24. The molecule has 0 unspecified atom stereocenters. The maximum Gasteiger partial charge on any atom is 0.256 e. The topological polar surface area (TPSA) is 67.1 Å². The maximum absolute atomic E-state index is 5.97. The number of oxazole rings is 1. The first-order chi connectivity index (χ1) is 15.3. The van der Waals surface area contributed by atoms with Crippen LogP contribution in [0.15, 0.2) is 52.9 Å². The van der Waals surface area contributed by atoms with Crippen LogP contribution in [0, 0.1) is 0 Å². The SMILES string of the molecule is C=Cc1ccc2c(c1)N(c1ncnc3cc4oc(SCCNCCC)nc4cc13)CC2. The van der Waals surface area contributed by atoms with Crippen molar-refractivity contribution in [3.05, 3.63) is 54.4 Å². The van der Waals surface area contributed by atoms with Gasteiger partial charge in [0.25, 0.3) is 5.22 Å². The first kappa shape index (κ1) is 20.0. The molecule has 0 spiro atoms. The van der Waals surface area contributed by atoms with Gasteiger partial charge in [-0.3, -0.25) is 0 Å². The van der Waals surface area contributed by atoms with Crippen molar-refractivity contribution in [3.63, 3.8) is 0 Å². The number of hydrogen-bond acceptors (Lipinski definition) is 7. The van der Waals surface area contributed by atoms with Crippen molar-refractivity contribution in [1.29, 1.82) is 0 Å². The summed E-state index contributed by atoms with van der Waals surface area (Å²) in [6.45, 7) is 8.95. The zero-order chi connectivity index (χ0) is 21.2. The Labute approximate surface area is 185 Å². The Morgan fingerprint density at radius 3 is 3.00 bits per heavy atom. The molecule has 2 aromatic heterocycles. The summed E-state index contributed by atoms with van der Waals surface area (Å²) in [6.07, 6.45) is 5.65. The summed E-state index contributed by atoms with van der Waals surface area (Å²) < 4.78 is 5.97. The van der Waals surface area contributed by atoms with Gasteiger partial charge in [0.1, 0.15) is 17.7 Å². The lowest BCUT2D eigenvalue weighted by Gasteiger charge is -2.20. The van der Waals surface area contributed by atoms with Crippen LogP contribution in [0.2, 0.25) is 0 Å². The number of fused-ring (bicyclic) bond motifs is 3. The van der Waals surface area contributed by atoms with E-state index in [1.807, 2.05) is 12.1 Å². The predicted molar refractivity (Wildman–Crippen MR) is 128 cm³/mol. The maximum atomic E-state index is 5.97. The molecule has 0 aliphatic carbocycles. The number of rotatable bonds is 8. The Balaban J connectivity index is 1.48. The van der Waals surface area contributed by atoms with Crippen LogP contribution in [0.3, 0.4) is 0 Å². The number of thioether (sulfide) groups is 1. The largest absolute Gasteiger partial charge is 0.431 e. The number of anilines is 2. The van der Waals surface area contributed by atoms with E-state index >= 15 is 0 Å². The molecule has 0 radical (unpaired) electrons. The molecule has 3 heterocycles. The number of nitrogens with zero attached hydrogens (tertiary/aromatic N) is 4. The molecule has 0 atom stereocenters. The third-order valence-corrected chi connectivity index (χ3v) is 6.36. The van der Waals surface area contributed by atoms with Crippen molar-refractivity contribution < 1.29 is 4.42 Å². The summed E-state index contributed by atoms with van der Waals surface area (Å²) in [5, 5.41) is 5.08. The van der Waals surface area contributed by atoms with E-state index in [0.717, 1.165) is 71.6 Å². The fourth-order valence-electron chi connectivity index (χ4n) is 3.98. The van der Waals surface area contributed by atoms with Gasteiger partial charge in [-0.15, -0.1) is 0 Å². The molecule has 2 aromatic carbocycles. The van der Waals surface area contributed by atoms with Gasteiger partial charge in [-0.1, -0.05) is 43.5 Å². The second-order valence-electron chi connectivity index (χ2n) is 7.61. The Morgan fingerprint density at radius 1 is 1.19 bits per heavy atom. The number of benzene rings is 2. The van der Waals surface area contributed by atoms with Crippen LogP contribution in [0.25, 0.3) is 28.1 Å². The van der Waals surface area contributed by atoms with Crippen LogP contribution < -0.4 is 10.2 Å². The third-order valence-electron chi connectivity index (χ3n) is 5.53. The predicted octanol–water partition coefficient (Wildman–Crippen LogP) is 5.20.